The van der Waals surface area contributed by atoms with Gasteiger partial charge in [0.05, 0.1) is 20.3 Å². The van der Waals surface area contributed by atoms with Gasteiger partial charge in [-0.15, -0.1) is 0 Å². The van der Waals surface area contributed by atoms with Crippen LogP contribution in [-0.4, -0.2) is 45.2 Å². The number of rotatable bonds is 7. The van der Waals surface area contributed by atoms with Crippen LogP contribution < -0.4 is 24.4 Å². The summed E-state index contributed by atoms with van der Waals surface area (Å²) < 4.78 is 15.7. The number of methoxy groups -OCH3 is 2. The van der Waals surface area contributed by atoms with Crippen LogP contribution in [0.3, 0.4) is 0 Å². The lowest BCUT2D eigenvalue weighted by atomic mass is 10.2. The molecule has 0 spiro atoms. The Labute approximate surface area is 157 Å². The molecule has 2 amide bonds. The highest BCUT2D eigenvalue weighted by Crippen LogP contribution is 2.24. The largest absolute Gasteiger partial charge is 0.497 e. The SMILES string of the molecule is COc1ccc(N2CC(NC(=O)COc3cccc(OC)c3)CC2=O)cc1. The maximum Gasteiger partial charge on any atom is 0.258 e. The van der Waals surface area contributed by atoms with Crippen molar-refractivity contribution in [2.45, 2.75) is 12.5 Å². The van der Waals surface area contributed by atoms with E-state index in [-0.39, 0.29) is 30.9 Å². The predicted molar refractivity (Wildman–Crippen MR) is 100 cm³/mol. The molecule has 3 rings (SSSR count). The van der Waals surface area contributed by atoms with Crippen LogP contribution in [0.2, 0.25) is 0 Å². The fourth-order valence-electron chi connectivity index (χ4n) is 2.93. The molecule has 1 N–H and O–H groups in total. The maximum absolute atomic E-state index is 12.3. The second kappa shape index (κ2) is 8.44. The van der Waals surface area contributed by atoms with E-state index >= 15 is 0 Å². The first-order chi connectivity index (χ1) is 13.1. The summed E-state index contributed by atoms with van der Waals surface area (Å²) >= 11 is 0. The zero-order valence-corrected chi connectivity index (χ0v) is 15.3. The molecule has 27 heavy (non-hydrogen) atoms. The Morgan fingerprint density at radius 1 is 1.07 bits per heavy atom. The van der Waals surface area contributed by atoms with Gasteiger partial charge >= 0.3 is 0 Å². The van der Waals surface area contributed by atoms with Crippen molar-refractivity contribution < 1.29 is 23.8 Å². The summed E-state index contributed by atoms with van der Waals surface area (Å²) in [5, 5.41) is 2.85. The van der Waals surface area contributed by atoms with Gasteiger partial charge in [0, 0.05) is 24.7 Å². The van der Waals surface area contributed by atoms with Gasteiger partial charge in [-0.1, -0.05) is 6.07 Å². The third-order valence-corrected chi connectivity index (χ3v) is 4.29. The minimum Gasteiger partial charge on any atom is -0.497 e. The van der Waals surface area contributed by atoms with Crippen LogP contribution in [0.15, 0.2) is 48.5 Å². The quantitative estimate of drug-likeness (QED) is 0.807. The Morgan fingerprint density at radius 2 is 1.78 bits per heavy atom. The van der Waals surface area contributed by atoms with Gasteiger partial charge in [0.2, 0.25) is 5.91 Å². The summed E-state index contributed by atoms with van der Waals surface area (Å²) in [5.74, 6) is 1.63. The number of nitrogens with zero attached hydrogens (tertiary/aromatic N) is 1. The van der Waals surface area contributed by atoms with E-state index < -0.39 is 0 Å². The van der Waals surface area contributed by atoms with Crippen LogP contribution in [0.5, 0.6) is 17.2 Å². The van der Waals surface area contributed by atoms with Crippen molar-refractivity contribution in [3.63, 3.8) is 0 Å². The normalized spacial score (nSPS) is 16.1. The summed E-state index contributed by atoms with van der Waals surface area (Å²) in [6, 6.07) is 14.0. The average molecular weight is 370 g/mol. The van der Waals surface area contributed by atoms with E-state index in [2.05, 4.69) is 5.32 Å². The molecule has 1 heterocycles. The van der Waals surface area contributed by atoms with E-state index in [1.165, 1.54) is 0 Å². The maximum atomic E-state index is 12.3. The molecule has 0 radical (unpaired) electrons. The van der Waals surface area contributed by atoms with Gasteiger partial charge in [-0.05, 0) is 36.4 Å². The van der Waals surface area contributed by atoms with Crippen molar-refractivity contribution in [2.24, 2.45) is 0 Å². The topological polar surface area (TPSA) is 77.1 Å². The Morgan fingerprint density at radius 3 is 2.48 bits per heavy atom. The summed E-state index contributed by atoms with van der Waals surface area (Å²) in [4.78, 5) is 26.1. The third kappa shape index (κ3) is 4.69. The first-order valence-corrected chi connectivity index (χ1v) is 8.59. The minimum atomic E-state index is -0.271. The van der Waals surface area contributed by atoms with Crippen LogP contribution >= 0.6 is 0 Å². The van der Waals surface area contributed by atoms with Crippen molar-refractivity contribution in [3.05, 3.63) is 48.5 Å². The predicted octanol–water partition coefficient (Wildman–Crippen LogP) is 2.00. The molecule has 1 aliphatic rings. The van der Waals surface area contributed by atoms with E-state index in [9.17, 15) is 9.59 Å². The van der Waals surface area contributed by atoms with Crippen LogP contribution in [0.25, 0.3) is 0 Å². The molecule has 0 bridgehead atoms. The number of hydrogen-bond acceptors (Lipinski definition) is 5. The standard InChI is InChI=1S/C20H22N2O5/c1-25-16-8-6-15(7-9-16)22-12-14(10-20(22)24)21-19(23)13-27-18-5-3-4-17(11-18)26-2/h3-9,11,14H,10,12-13H2,1-2H3,(H,21,23). The number of carbonyl (C=O) groups excluding carboxylic acids is 2. The van der Waals surface area contributed by atoms with Crippen LogP contribution in [-0.2, 0) is 9.59 Å². The summed E-state index contributed by atoms with van der Waals surface area (Å²) in [6.07, 6.45) is 0.261. The zero-order chi connectivity index (χ0) is 19.2. The van der Waals surface area contributed by atoms with Crippen molar-refractivity contribution in [1.82, 2.24) is 5.32 Å². The lowest BCUT2D eigenvalue weighted by molar-refractivity contribution is -0.123. The molecule has 0 aliphatic carbocycles. The van der Waals surface area contributed by atoms with Crippen LogP contribution in [0.1, 0.15) is 6.42 Å². The molecule has 1 atom stereocenters. The van der Waals surface area contributed by atoms with Crippen molar-refractivity contribution in [3.8, 4) is 17.2 Å². The minimum absolute atomic E-state index is 0.0285. The van der Waals surface area contributed by atoms with E-state index in [4.69, 9.17) is 14.2 Å². The van der Waals surface area contributed by atoms with Crippen molar-refractivity contribution in [1.29, 1.82) is 0 Å². The molecule has 0 saturated carbocycles. The van der Waals surface area contributed by atoms with Crippen molar-refractivity contribution in [2.75, 3.05) is 32.3 Å². The molecular weight excluding hydrogens is 348 g/mol. The second-order valence-corrected chi connectivity index (χ2v) is 6.14. The Hall–Kier alpha value is -3.22. The smallest absolute Gasteiger partial charge is 0.258 e. The Kier molecular flexibility index (Phi) is 5.80. The monoisotopic (exact) mass is 370 g/mol. The Bertz CT molecular complexity index is 806. The fourth-order valence-corrected chi connectivity index (χ4v) is 2.93. The molecule has 1 saturated heterocycles. The highest BCUT2D eigenvalue weighted by atomic mass is 16.5. The van der Waals surface area contributed by atoms with E-state index in [0.717, 1.165) is 11.4 Å². The molecule has 1 unspecified atom stereocenters. The number of ether oxygens (including phenoxy) is 3. The summed E-state index contributed by atoms with van der Waals surface area (Å²) in [5.41, 5.74) is 0.783. The van der Waals surface area contributed by atoms with Gasteiger partial charge in [0.15, 0.2) is 6.61 Å². The number of hydrogen-bond donors (Lipinski definition) is 1. The number of amides is 2. The molecule has 142 valence electrons. The number of anilines is 1. The van der Waals surface area contributed by atoms with Gasteiger partial charge < -0.3 is 24.4 Å². The van der Waals surface area contributed by atoms with Gasteiger partial charge in [-0.2, -0.15) is 0 Å². The van der Waals surface area contributed by atoms with Crippen LogP contribution in [0.4, 0.5) is 5.69 Å². The van der Waals surface area contributed by atoms with E-state index in [1.807, 2.05) is 12.1 Å². The molecule has 2 aromatic rings. The molecule has 0 aromatic heterocycles. The zero-order valence-electron chi connectivity index (χ0n) is 15.3. The van der Waals surface area contributed by atoms with Gasteiger partial charge in [0.1, 0.15) is 17.2 Å². The Balaban J connectivity index is 1.51. The number of nitrogens with one attached hydrogen (secondary N) is 1. The van der Waals surface area contributed by atoms with E-state index in [0.29, 0.717) is 18.0 Å². The van der Waals surface area contributed by atoms with Gasteiger partial charge in [0.25, 0.3) is 5.91 Å². The molecule has 7 nitrogen and oxygen atoms in total. The third-order valence-electron chi connectivity index (χ3n) is 4.29. The van der Waals surface area contributed by atoms with Gasteiger partial charge in [-0.25, -0.2) is 0 Å². The molecule has 1 fully saturated rings. The summed E-state index contributed by atoms with van der Waals surface area (Å²) in [7, 11) is 3.16. The molecule has 2 aromatic carbocycles. The second-order valence-electron chi connectivity index (χ2n) is 6.14. The molecule has 1 aliphatic heterocycles. The first kappa shape index (κ1) is 18.6. The van der Waals surface area contributed by atoms with Crippen LogP contribution in [0, 0.1) is 0 Å². The highest BCUT2D eigenvalue weighted by Gasteiger charge is 2.31. The summed E-state index contributed by atoms with van der Waals surface area (Å²) in [6.45, 7) is 0.302. The average Bonchev–Trinajstić information content (AvgIpc) is 3.06. The highest BCUT2D eigenvalue weighted by molar-refractivity contribution is 5.97. The van der Waals surface area contributed by atoms with E-state index in [1.54, 1.807) is 55.5 Å². The fraction of sp³-hybridized carbons (Fsp3) is 0.300. The van der Waals surface area contributed by atoms with Crippen molar-refractivity contribution >= 4 is 17.5 Å². The van der Waals surface area contributed by atoms with Gasteiger partial charge in [-0.3, -0.25) is 9.59 Å². The lowest BCUT2D eigenvalue weighted by Gasteiger charge is -2.17. The number of benzene rings is 2. The molecular formula is C20H22N2O5. The molecule has 7 heteroatoms. The number of carbonyl (C=O) groups is 2. The first-order valence-electron chi connectivity index (χ1n) is 8.59. The lowest BCUT2D eigenvalue weighted by Crippen LogP contribution is -2.39.